The fourth-order valence-corrected chi connectivity index (χ4v) is 5.50. The first kappa shape index (κ1) is 32.3. The van der Waals surface area contributed by atoms with Crippen molar-refractivity contribution < 1.29 is 39.5 Å². The highest BCUT2D eigenvalue weighted by atomic mass is 35.8. The Morgan fingerprint density at radius 2 is 1.00 bits per heavy atom. The Bertz CT molecular complexity index is 649. The molecule has 0 aliphatic carbocycles. The minimum atomic E-state index is -6.62. The summed E-state index contributed by atoms with van der Waals surface area (Å²) >= 11 is 32.6. The molecule has 0 amide bonds. The van der Waals surface area contributed by atoms with Crippen molar-refractivity contribution >= 4 is 78.5 Å². The molecule has 0 aliphatic heterocycles. The Morgan fingerprint density at radius 3 is 1.32 bits per heavy atom. The van der Waals surface area contributed by atoms with E-state index in [2.05, 4.69) is 6.58 Å². The van der Waals surface area contributed by atoms with Gasteiger partial charge in [-0.25, -0.2) is 13.2 Å². The van der Waals surface area contributed by atoms with Gasteiger partial charge in [0.1, 0.15) is 0 Å². The third-order valence-corrected chi connectivity index (χ3v) is 9.92. The van der Waals surface area contributed by atoms with Gasteiger partial charge in [-0.05, 0) is 25.4 Å². The maximum Gasteiger partial charge on any atom is 0.376 e. The number of halogens is 15. The predicted octanol–water partition coefficient (Wildman–Crippen LogP) is 9.54. The summed E-state index contributed by atoms with van der Waals surface area (Å²) in [5, 5.41) is 0. The van der Waals surface area contributed by atoms with Gasteiger partial charge in [-0.15, -0.1) is 73.1 Å². The number of rotatable bonds is 12. The van der Waals surface area contributed by atoms with Crippen LogP contribution < -0.4 is 0 Å². The molecule has 0 aromatic carbocycles. The molecule has 0 nitrogen and oxygen atoms in total. The zero-order valence-electron chi connectivity index (χ0n) is 15.8. The van der Waals surface area contributed by atoms with Crippen molar-refractivity contribution in [3.8, 4) is 0 Å². The molecule has 0 spiro atoms. The molecule has 0 saturated carbocycles. The van der Waals surface area contributed by atoms with Gasteiger partial charge in [-0.2, -0.15) is 26.3 Å². The highest BCUT2D eigenvalue weighted by Gasteiger charge is 2.85. The van der Waals surface area contributed by atoms with Crippen molar-refractivity contribution in [3.05, 3.63) is 12.7 Å². The summed E-state index contributed by atoms with van der Waals surface area (Å²) in [6.45, 7) is 2.68. The van der Waals surface area contributed by atoms with Crippen molar-refractivity contribution in [1.29, 1.82) is 0 Å². The zero-order valence-corrected chi connectivity index (χ0v) is 22.3. The Morgan fingerprint density at radius 1 is 0.645 bits per heavy atom. The van der Waals surface area contributed by atoms with Gasteiger partial charge >= 0.3 is 29.8 Å². The molecule has 17 heteroatoms. The molecule has 1 unspecified atom stereocenters. The van der Waals surface area contributed by atoms with Gasteiger partial charge in [-0.3, -0.25) is 0 Å². The second kappa shape index (κ2) is 9.74. The number of alkyl halides is 9. The second-order valence-electron chi connectivity index (χ2n) is 7.28. The predicted molar refractivity (Wildman–Crippen MR) is 113 cm³/mol. The van der Waals surface area contributed by atoms with Gasteiger partial charge in [-0.1, -0.05) is 13.0 Å². The lowest BCUT2D eigenvalue weighted by Gasteiger charge is -2.46. The lowest BCUT2D eigenvalue weighted by atomic mass is 9.73. The van der Waals surface area contributed by atoms with E-state index in [9.17, 15) is 39.5 Å². The quantitative estimate of drug-likeness (QED) is 0.0878. The molecule has 0 bridgehead atoms. The van der Waals surface area contributed by atoms with Crippen molar-refractivity contribution in [2.45, 2.75) is 68.1 Å². The topological polar surface area (TPSA) is 0 Å². The average molecular weight is 625 g/mol. The molecule has 0 N–H and O–H groups in total. The molecule has 0 rings (SSSR count). The first-order valence-corrected chi connectivity index (χ1v) is 18.7. The van der Waals surface area contributed by atoms with E-state index >= 15 is 0 Å². The highest BCUT2D eigenvalue weighted by molar-refractivity contribution is 7.65. The van der Waals surface area contributed by atoms with Gasteiger partial charge in [0.05, 0.1) is 5.41 Å². The van der Waals surface area contributed by atoms with E-state index in [1.807, 2.05) is 0 Å². The van der Waals surface area contributed by atoms with Crippen molar-refractivity contribution in [2.24, 2.45) is 5.41 Å². The smallest absolute Gasteiger partial charge is 0.231 e. The van der Waals surface area contributed by atoms with Crippen LogP contribution in [-0.2, 0) is 0 Å². The van der Waals surface area contributed by atoms with Crippen LogP contribution in [0.4, 0.5) is 39.5 Å². The highest BCUT2D eigenvalue weighted by Crippen LogP contribution is 2.62. The maximum absolute atomic E-state index is 14.7. The van der Waals surface area contributed by atoms with Crippen LogP contribution in [0.2, 0.25) is 12.1 Å². The number of hydrogen-bond donors (Lipinski definition) is 0. The number of hydrogen-bond acceptors (Lipinski definition) is 0. The van der Waals surface area contributed by atoms with Crippen molar-refractivity contribution in [3.63, 3.8) is 0 Å². The SMILES string of the molecule is C=CC(C)(CC[Si](Cl)(Cl)Cl)C(F)(F)C(F)(F)C(F)(F)[C@](C)(F)C(F)(F)CC[Si](Cl)(Cl)Cl. The first-order valence-electron chi connectivity index (χ1n) is 8.20. The van der Waals surface area contributed by atoms with Crippen LogP contribution in [-0.4, -0.2) is 41.4 Å². The van der Waals surface area contributed by atoms with Crippen LogP contribution >= 0.6 is 66.5 Å². The molecule has 186 valence electrons. The van der Waals surface area contributed by atoms with Crippen LogP contribution in [0.15, 0.2) is 12.7 Å². The normalized spacial score (nSPS) is 19.0. The fraction of sp³-hybridized carbons (Fsp3) is 0.857. The first-order chi connectivity index (χ1) is 13.2. The molecule has 0 aromatic heterocycles. The van der Waals surface area contributed by atoms with Crippen LogP contribution in [0.1, 0.15) is 26.7 Å². The standard InChI is InChI=1S/C14H17Cl6F9Si2/c1-4-9(2,5-7-30(15,16)17)12(24,25)14(28,29)13(26,27)10(3,21)11(22,23)6-8-31(18,19)20/h4H,1,5-8H2,2-3H3/t9?,10-/m1/s1. The molecule has 31 heavy (non-hydrogen) atoms. The average Bonchev–Trinajstić information content (AvgIpc) is 2.55. The van der Waals surface area contributed by atoms with Crippen LogP contribution in [0, 0.1) is 5.41 Å². The molecule has 0 radical (unpaired) electrons. The molecule has 0 saturated heterocycles. The lowest BCUT2D eigenvalue weighted by molar-refractivity contribution is -0.382. The van der Waals surface area contributed by atoms with Gasteiger partial charge in [0.15, 0.2) is 0 Å². The fourth-order valence-electron chi connectivity index (χ4n) is 2.40. The van der Waals surface area contributed by atoms with Gasteiger partial charge in [0, 0.05) is 6.42 Å². The molecule has 0 aromatic rings. The van der Waals surface area contributed by atoms with Crippen LogP contribution in [0.5, 0.6) is 0 Å². The summed E-state index contributed by atoms with van der Waals surface area (Å²) in [5.41, 5.74) is -8.63. The van der Waals surface area contributed by atoms with Crippen molar-refractivity contribution in [2.75, 3.05) is 0 Å². The van der Waals surface area contributed by atoms with E-state index in [1.165, 1.54) is 0 Å². The van der Waals surface area contributed by atoms with E-state index in [0.717, 1.165) is 0 Å². The minimum Gasteiger partial charge on any atom is -0.231 e. The van der Waals surface area contributed by atoms with Gasteiger partial charge in [0.25, 0.3) is 5.92 Å². The second-order valence-corrected chi connectivity index (χ2v) is 25.8. The Balaban J connectivity index is 6.31. The lowest BCUT2D eigenvalue weighted by Crippen LogP contribution is -2.70. The van der Waals surface area contributed by atoms with Crippen molar-refractivity contribution in [1.82, 2.24) is 0 Å². The van der Waals surface area contributed by atoms with Gasteiger partial charge < -0.3 is 0 Å². The maximum atomic E-state index is 14.7. The summed E-state index contributed by atoms with van der Waals surface area (Å²) in [6.07, 6.45) is -2.77. The van der Waals surface area contributed by atoms with E-state index in [-0.39, 0.29) is 6.08 Å². The molecule has 0 fully saturated rings. The third kappa shape index (κ3) is 6.70. The molecule has 0 aliphatic rings. The van der Waals surface area contributed by atoms with Crippen LogP contribution in [0.25, 0.3) is 0 Å². The van der Waals surface area contributed by atoms with E-state index in [4.69, 9.17) is 66.5 Å². The third-order valence-electron chi connectivity index (χ3n) is 4.88. The molecule has 0 heterocycles. The summed E-state index contributed by atoms with van der Waals surface area (Å²) in [4.78, 5) is 0. The monoisotopic (exact) mass is 622 g/mol. The summed E-state index contributed by atoms with van der Waals surface area (Å²) in [7, 11) is 0. The Hall–Kier alpha value is 1.28. The summed E-state index contributed by atoms with van der Waals surface area (Å²) in [6, 6.07) is -9.38. The largest absolute Gasteiger partial charge is 0.376 e. The van der Waals surface area contributed by atoms with E-state index < -0.39 is 78.6 Å². The Kier molecular flexibility index (Phi) is 10.1. The van der Waals surface area contributed by atoms with Crippen LogP contribution in [0.3, 0.4) is 0 Å². The molecular formula is C14H17Cl6F9Si2. The van der Waals surface area contributed by atoms with E-state index in [1.54, 1.807) is 0 Å². The number of allylic oxidation sites excluding steroid dienone is 1. The zero-order chi connectivity index (χ0) is 25.5. The molecule has 2 atom stereocenters. The Labute approximate surface area is 203 Å². The minimum absolute atomic E-state index is 0.198. The summed E-state index contributed by atoms with van der Waals surface area (Å²) in [5.74, 6) is -24.3. The van der Waals surface area contributed by atoms with E-state index in [0.29, 0.717) is 6.92 Å². The molecular weight excluding hydrogens is 608 g/mol. The van der Waals surface area contributed by atoms with Gasteiger partial charge in [0.2, 0.25) is 5.67 Å². The summed E-state index contributed by atoms with van der Waals surface area (Å²) < 4.78 is 130.